The van der Waals surface area contributed by atoms with Gasteiger partial charge in [-0.1, -0.05) is 11.5 Å². The maximum atomic E-state index is 8.17. The summed E-state index contributed by atoms with van der Waals surface area (Å²) < 4.78 is 0. The van der Waals surface area contributed by atoms with Gasteiger partial charge in [0, 0.05) is 30.1 Å². The highest BCUT2D eigenvalue weighted by molar-refractivity contribution is 4.79. The molecule has 1 saturated heterocycles. The van der Waals surface area contributed by atoms with Crippen LogP contribution in [-0.4, -0.2) is 30.1 Å². The minimum absolute atomic E-state index is 0.602. The maximum absolute atomic E-state index is 8.17. The van der Waals surface area contributed by atoms with E-state index in [9.17, 15) is 0 Å². The highest BCUT2D eigenvalue weighted by Crippen LogP contribution is 2.21. The monoisotopic (exact) mass is 182 g/mol. The standard InChI is InChI=1S/C9H18N4/c1-8-4-3-5-9(2)13(8)7-6-11-12-10/h8-9H,3-7H2,1-2H3/t8-,9+. The first kappa shape index (κ1) is 10.4. The van der Waals surface area contributed by atoms with Crippen molar-refractivity contribution in [1.82, 2.24) is 4.90 Å². The van der Waals surface area contributed by atoms with Gasteiger partial charge >= 0.3 is 0 Å². The van der Waals surface area contributed by atoms with Crippen LogP contribution in [0.1, 0.15) is 33.1 Å². The summed E-state index contributed by atoms with van der Waals surface area (Å²) in [6, 6.07) is 1.30. The maximum Gasteiger partial charge on any atom is 0.0386 e. The van der Waals surface area contributed by atoms with E-state index in [0.29, 0.717) is 18.6 Å². The first-order valence-electron chi connectivity index (χ1n) is 5.02. The van der Waals surface area contributed by atoms with E-state index in [-0.39, 0.29) is 0 Å². The molecule has 0 unspecified atom stereocenters. The molecule has 1 aliphatic heterocycles. The summed E-state index contributed by atoms with van der Waals surface area (Å²) in [5.41, 5.74) is 8.17. The smallest absolute Gasteiger partial charge is 0.0386 e. The zero-order valence-corrected chi connectivity index (χ0v) is 8.48. The summed E-state index contributed by atoms with van der Waals surface area (Å²) in [5.74, 6) is 0. The average molecular weight is 182 g/mol. The van der Waals surface area contributed by atoms with Crippen LogP contribution in [0.5, 0.6) is 0 Å². The summed E-state index contributed by atoms with van der Waals surface area (Å²) in [6.45, 7) is 6.02. The molecule has 2 atom stereocenters. The lowest BCUT2D eigenvalue weighted by Gasteiger charge is -2.38. The van der Waals surface area contributed by atoms with Crippen molar-refractivity contribution in [2.24, 2.45) is 5.11 Å². The van der Waals surface area contributed by atoms with Gasteiger partial charge in [0.15, 0.2) is 0 Å². The number of piperidine rings is 1. The molecule has 4 nitrogen and oxygen atoms in total. The van der Waals surface area contributed by atoms with Crippen LogP contribution < -0.4 is 0 Å². The Morgan fingerprint density at radius 1 is 1.38 bits per heavy atom. The predicted molar refractivity (Wildman–Crippen MR) is 53.5 cm³/mol. The fourth-order valence-electron chi connectivity index (χ4n) is 2.12. The Balaban J connectivity index is 2.39. The summed E-state index contributed by atoms with van der Waals surface area (Å²) in [6.07, 6.45) is 3.89. The van der Waals surface area contributed by atoms with Gasteiger partial charge in [0.25, 0.3) is 0 Å². The van der Waals surface area contributed by atoms with Crippen molar-refractivity contribution in [2.45, 2.75) is 45.2 Å². The summed E-state index contributed by atoms with van der Waals surface area (Å²) in [7, 11) is 0. The van der Waals surface area contributed by atoms with Crippen LogP contribution >= 0.6 is 0 Å². The molecule has 0 radical (unpaired) electrons. The zero-order valence-electron chi connectivity index (χ0n) is 8.48. The third-order valence-corrected chi connectivity index (χ3v) is 2.90. The quantitative estimate of drug-likeness (QED) is 0.376. The van der Waals surface area contributed by atoms with E-state index in [1.54, 1.807) is 0 Å². The molecule has 0 aromatic rings. The average Bonchev–Trinajstić information content (AvgIpc) is 2.10. The van der Waals surface area contributed by atoms with E-state index in [1.165, 1.54) is 19.3 Å². The van der Waals surface area contributed by atoms with Crippen LogP contribution in [0, 0.1) is 0 Å². The Morgan fingerprint density at radius 3 is 2.54 bits per heavy atom. The van der Waals surface area contributed by atoms with E-state index in [2.05, 4.69) is 28.8 Å². The number of likely N-dealkylation sites (tertiary alicyclic amines) is 1. The fourth-order valence-corrected chi connectivity index (χ4v) is 2.12. The van der Waals surface area contributed by atoms with Gasteiger partial charge < -0.3 is 0 Å². The number of hydrogen-bond donors (Lipinski definition) is 0. The van der Waals surface area contributed by atoms with Crippen LogP contribution in [0.25, 0.3) is 10.4 Å². The van der Waals surface area contributed by atoms with Crippen molar-refractivity contribution in [2.75, 3.05) is 13.1 Å². The van der Waals surface area contributed by atoms with Crippen molar-refractivity contribution in [3.05, 3.63) is 10.4 Å². The Hall–Kier alpha value is -0.730. The summed E-state index contributed by atoms with van der Waals surface area (Å²) in [4.78, 5) is 5.21. The number of nitrogens with zero attached hydrogens (tertiary/aromatic N) is 4. The molecule has 0 aromatic heterocycles. The molecule has 1 aliphatic rings. The molecule has 1 heterocycles. The van der Waals surface area contributed by atoms with E-state index in [0.717, 1.165) is 6.54 Å². The van der Waals surface area contributed by atoms with Gasteiger partial charge in [-0.2, -0.15) is 0 Å². The Labute approximate surface area is 79.5 Å². The first-order valence-corrected chi connectivity index (χ1v) is 5.02. The van der Waals surface area contributed by atoms with Crippen molar-refractivity contribution in [1.29, 1.82) is 0 Å². The predicted octanol–water partition coefficient (Wildman–Crippen LogP) is 2.56. The molecule has 0 spiro atoms. The van der Waals surface area contributed by atoms with Crippen LogP contribution in [-0.2, 0) is 0 Å². The molecule has 4 heteroatoms. The minimum Gasteiger partial charge on any atom is -0.298 e. The van der Waals surface area contributed by atoms with Gasteiger partial charge in [-0.3, -0.25) is 4.90 Å². The molecule has 0 bridgehead atoms. The van der Waals surface area contributed by atoms with Gasteiger partial charge in [-0.05, 0) is 32.2 Å². The lowest BCUT2D eigenvalue weighted by molar-refractivity contribution is 0.108. The summed E-state index contributed by atoms with van der Waals surface area (Å²) in [5, 5.41) is 3.57. The third-order valence-electron chi connectivity index (χ3n) is 2.90. The van der Waals surface area contributed by atoms with Crippen molar-refractivity contribution < 1.29 is 0 Å². The molecule has 74 valence electrons. The molecular formula is C9H18N4. The Kier molecular flexibility index (Phi) is 4.06. The minimum atomic E-state index is 0.602. The molecule has 1 rings (SSSR count). The molecule has 0 aromatic carbocycles. The van der Waals surface area contributed by atoms with E-state index in [1.807, 2.05) is 0 Å². The Morgan fingerprint density at radius 2 is 2.00 bits per heavy atom. The molecule has 0 amide bonds. The van der Waals surface area contributed by atoms with E-state index < -0.39 is 0 Å². The topological polar surface area (TPSA) is 52.0 Å². The second-order valence-corrected chi connectivity index (χ2v) is 3.82. The highest BCUT2D eigenvalue weighted by atomic mass is 15.2. The molecule has 0 N–H and O–H groups in total. The lowest BCUT2D eigenvalue weighted by Crippen LogP contribution is -2.44. The van der Waals surface area contributed by atoms with E-state index in [4.69, 9.17) is 5.53 Å². The van der Waals surface area contributed by atoms with Crippen molar-refractivity contribution in [3.63, 3.8) is 0 Å². The van der Waals surface area contributed by atoms with Crippen molar-refractivity contribution in [3.8, 4) is 0 Å². The van der Waals surface area contributed by atoms with E-state index >= 15 is 0 Å². The molecular weight excluding hydrogens is 164 g/mol. The largest absolute Gasteiger partial charge is 0.298 e. The molecule has 13 heavy (non-hydrogen) atoms. The fraction of sp³-hybridized carbons (Fsp3) is 1.00. The molecule has 1 fully saturated rings. The molecule has 0 saturated carbocycles. The van der Waals surface area contributed by atoms with Crippen LogP contribution in [0.2, 0.25) is 0 Å². The third kappa shape index (κ3) is 2.90. The SMILES string of the molecule is C[C@@H]1CCC[C@H](C)N1CCN=[N+]=[N-]. The van der Waals surface area contributed by atoms with Gasteiger partial charge in [0.05, 0.1) is 0 Å². The second-order valence-electron chi connectivity index (χ2n) is 3.82. The van der Waals surface area contributed by atoms with Crippen LogP contribution in [0.4, 0.5) is 0 Å². The van der Waals surface area contributed by atoms with Crippen LogP contribution in [0.15, 0.2) is 5.11 Å². The second kappa shape index (κ2) is 5.10. The van der Waals surface area contributed by atoms with Gasteiger partial charge in [0.1, 0.15) is 0 Å². The molecule has 0 aliphatic carbocycles. The van der Waals surface area contributed by atoms with Gasteiger partial charge in [0.2, 0.25) is 0 Å². The van der Waals surface area contributed by atoms with Crippen molar-refractivity contribution >= 4 is 0 Å². The van der Waals surface area contributed by atoms with Crippen LogP contribution in [0.3, 0.4) is 0 Å². The zero-order chi connectivity index (χ0) is 9.68. The van der Waals surface area contributed by atoms with Gasteiger partial charge in [-0.15, -0.1) is 0 Å². The number of hydrogen-bond acceptors (Lipinski definition) is 2. The summed E-state index contributed by atoms with van der Waals surface area (Å²) >= 11 is 0. The lowest BCUT2D eigenvalue weighted by atomic mass is 9.98. The number of azide groups is 1. The highest BCUT2D eigenvalue weighted by Gasteiger charge is 2.23. The number of rotatable bonds is 3. The van der Waals surface area contributed by atoms with Gasteiger partial charge in [-0.25, -0.2) is 0 Å². The first-order chi connectivity index (χ1) is 6.25. The normalized spacial score (nSPS) is 29.7. The Bertz CT molecular complexity index is 188.